The summed E-state index contributed by atoms with van der Waals surface area (Å²) in [7, 11) is -3.29. The number of aliphatic carboxylic acids is 1. The second-order valence-electron chi connectivity index (χ2n) is 5.95. The van der Waals surface area contributed by atoms with Crippen molar-refractivity contribution in [2.24, 2.45) is 5.92 Å². The summed E-state index contributed by atoms with van der Waals surface area (Å²) in [4.78, 5) is 11.4. The molecule has 1 aliphatic carbocycles. The summed E-state index contributed by atoms with van der Waals surface area (Å²) in [5, 5.41) is 12.5. The van der Waals surface area contributed by atoms with Gasteiger partial charge in [0.25, 0.3) is 0 Å². The first-order valence-electron chi connectivity index (χ1n) is 6.80. The summed E-state index contributed by atoms with van der Waals surface area (Å²) in [6, 6.07) is 4.99. The molecule has 1 fully saturated rings. The Morgan fingerprint density at radius 3 is 2.73 bits per heavy atom. The number of halogens is 2. The van der Waals surface area contributed by atoms with Crippen molar-refractivity contribution in [2.45, 2.75) is 32.9 Å². The highest BCUT2D eigenvalue weighted by Gasteiger charge is 2.63. The minimum Gasteiger partial charge on any atom is -0.481 e. The number of anilines is 1. The molecule has 0 radical (unpaired) electrons. The Hall–Kier alpha value is -0.600. The number of carboxylic acids is 1. The molecule has 0 bridgehead atoms. The minimum absolute atomic E-state index is 0.0541. The van der Waals surface area contributed by atoms with Crippen molar-refractivity contribution in [1.29, 1.82) is 0 Å². The van der Waals surface area contributed by atoms with E-state index in [-0.39, 0.29) is 17.2 Å². The van der Waals surface area contributed by atoms with Crippen LogP contribution in [-0.4, -0.2) is 30.2 Å². The molecule has 3 unspecified atom stereocenters. The zero-order valence-corrected chi connectivity index (χ0v) is 15.8. The zero-order valence-electron chi connectivity index (χ0n) is 11.8. The Labute approximate surface area is 145 Å². The molecule has 22 heavy (non-hydrogen) atoms. The highest BCUT2D eigenvalue weighted by Crippen LogP contribution is 2.66. The fourth-order valence-electron chi connectivity index (χ4n) is 3.45. The van der Waals surface area contributed by atoms with Crippen molar-refractivity contribution in [1.82, 2.24) is 0 Å². The van der Waals surface area contributed by atoms with Crippen LogP contribution in [0.1, 0.15) is 24.8 Å². The molecule has 2 aliphatic rings. The number of carbonyl (C=O) groups is 1. The molecule has 1 aliphatic heterocycles. The van der Waals surface area contributed by atoms with E-state index >= 15 is 0 Å². The fourth-order valence-corrected chi connectivity index (χ4v) is 6.09. The molecule has 1 aromatic rings. The molecule has 2 N–H and O–H groups in total. The molecule has 3 atom stereocenters. The number of benzene rings is 1. The summed E-state index contributed by atoms with van der Waals surface area (Å²) >= 11 is 7.47. The van der Waals surface area contributed by atoms with Crippen molar-refractivity contribution in [3.8, 4) is 0 Å². The van der Waals surface area contributed by atoms with E-state index in [9.17, 15) is 13.2 Å². The van der Waals surface area contributed by atoms with E-state index in [1.54, 1.807) is 18.2 Å². The number of carboxylic acid groups (broad SMARTS) is 1. The maximum atomic E-state index is 11.8. The Morgan fingerprint density at radius 2 is 2.14 bits per heavy atom. The lowest BCUT2D eigenvalue weighted by molar-refractivity contribution is -0.138. The van der Waals surface area contributed by atoms with Gasteiger partial charge in [-0.15, -0.1) is 0 Å². The van der Waals surface area contributed by atoms with Gasteiger partial charge in [0, 0.05) is 17.9 Å². The molecule has 1 saturated carbocycles. The average molecular weight is 453 g/mol. The Balaban J connectivity index is 2.09. The Bertz CT molecular complexity index is 766. The van der Waals surface area contributed by atoms with Gasteiger partial charge in [0.05, 0.1) is 15.6 Å². The van der Waals surface area contributed by atoms with Gasteiger partial charge < -0.3 is 10.4 Å². The maximum absolute atomic E-state index is 11.8. The van der Waals surface area contributed by atoms with Gasteiger partial charge in [-0.05, 0) is 36.6 Å². The number of hydrogen-bond donors (Lipinski definition) is 2. The van der Waals surface area contributed by atoms with Crippen molar-refractivity contribution in [2.75, 3.05) is 11.6 Å². The lowest BCUT2D eigenvalue weighted by Gasteiger charge is -2.35. The van der Waals surface area contributed by atoms with Gasteiger partial charge in [-0.25, -0.2) is 8.42 Å². The van der Waals surface area contributed by atoms with Crippen LogP contribution >= 0.6 is 31.9 Å². The maximum Gasteiger partial charge on any atom is 0.303 e. The van der Waals surface area contributed by atoms with Gasteiger partial charge in [-0.3, -0.25) is 4.79 Å². The average Bonchev–Trinajstić information content (AvgIpc) is 2.76. The summed E-state index contributed by atoms with van der Waals surface area (Å²) in [5.41, 5.74) is 1.69. The van der Waals surface area contributed by atoms with Crippen LogP contribution in [0.5, 0.6) is 0 Å². The van der Waals surface area contributed by atoms with Crippen LogP contribution in [0.25, 0.3) is 0 Å². The van der Waals surface area contributed by atoms with E-state index in [1.807, 2.05) is 0 Å². The predicted octanol–water partition coefficient (Wildman–Crippen LogP) is 3.08. The number of hydrogen-bond acceptors (Lipinski definition) is 4. The third-order valence-electron chi connectivity index (χ3n) is 4.56. The summed E-state index contributed by atoms with van der Waals surface area (Å²) in [6.45, 7) is 0. The van der Waals surface area contributed by atoms with Gasteiger partial charge in [-0.2, -0.15) is 0 Å². The molecule has 0 saturated heterocycles. The third kappa shape index (κ3) is 2.22. The second kappa shape index (κ2) is 4.95. The lowest BCUT2D eigenvalue weighted by atomic mass is 9.93. The highest BCUT2D eigenvalue weighted by atomic mass is 79.9. The van der Waals surface area contributed by atoms with Gasteiger partial charge in [-0.1, -0.05) is 31.9 Å². The molecule has 1 aromatic carbocycles. The molecule has 5 nitrogen and oxygen atoms in total. The van der Waals surface area contributed by atoms with E-state index in [4.69, 9.17) is 5.11 Å². The predicted molar refractivity (Wildman–Crippen MR) is 90.4 cm³/mol. The van der Waals surface area contributed by atoms with Crippen molar-refractivity contribution in [3.05, 3.63) is 23.8 Å². The van der Waals surface area contributed by atoms with Gasteiger partial charge in [0.2, 0.25) is 0 Å². The van der Waals surface area contributed by atoms with Crippen molar-refractivity contribution >= 4 is 53.4 Å². The number of nitrogens with one attached hydrogen (secondary N) is 1. The largest absolute Gasteiger partial charge is 0.481 e. The first kappa shape index (κ1) is 16.3. The first-order chi connectivity index (χ1) is 10.1. The van der Waals surface area contributed by atoms with Crippen molar-refractivity contribution < 1.29 is 18.3 Å². The number of fused-ring (bicyclic) bond motifs is 3. The molecule has 0 spiro atoms. The van der Waals surface area contributed by atoms with Crippen LogP contribution in [0.2, 0.25) is 0 Å². The molecule has 8 heteroatoms. The highest BCUT2D eigenvalue weighted by molar-refractivity contribution is 9.12. The monoisotopic (exact) mass is 451 g/mol. The van der Waals surface area contributed by atoms with E-state index in [0.717, 1.165) is 24.1 Å². The third-order valence-corrected chi connectivity index (χ3v) is 9.17. The number of rotatable bonds is 3. The lowest BCUT2D eigenvalue weighted by Crippen LogP contribution is -2.44. The zero-order chi connectivity index (χ0) is 16.3. The molecular formula is C14H15Br2NO4S. The number of alkyl halides is 2. The van der Waals surface area contributed by atoms with Gasteiger partial charge >= 0.3 is 5.97 Å². The quantitative estimate of drug-likeness (QED) is 0.543. The normalized spacial score (nSPS) is 33.1. The fraction of sp³-hybridized carbons (Fsp3) is 0.500. The van der Waals surface area contributed by atoms with E-state index < -0.39 is 24.6 Å². The van der Waals surface area contributed by atoms with Crippen LogP contribution in [-0.2, 0) is 19.0 Å². The van der Waals surface area contributed by atoms with E-state index in [0.29, 0.717) is 0 Å². The number of sulfone groups is 1. The topological polar surface area (TPSA) is 83.5 Å². The van der Waals surface area contributed by atoms with Crippen LogP contribution < -0.4 is 5.32 Å². The molecule has 120 valence electrons. The smallest absolute Gasteiger partial charge is 0.303 e. The van der Waals surface area contributed by atoms with Crippen LogP contribution in [0, 0.1) is 5.92 Å². The van der Waals surface area contributed by atoms with Crippen molar-refractivity contribution in [3.63, 3.8) is 0 Å². The summed E-state index contributed by atoms with van der Waals surface area (Å²) < 4.78 is 22.4. The molecule has 0 aromatic heterocycles. The minimum atomic E-state index is -3.29. The molecule has 1 heterocycles. The van der Waals surface area contributed by atoms with E-state index in [2.05, 4.69) is 37.2 Å². The summed E-state index contributed by atoms with van der Waals surface area (Å²) in [5.74, 6) is -0.936. The standard InChI is InChI=1S/C14H15Br2NO4S/c1-22(20,21)9-2-3-11-10(7-9)13(15)5-4-8(6-12(18)19)14(13,16)17-11/h2-3,7-8,17H,4-6H2,1H3,(H,18,19). The van der Waals surface area contributed by atoms with Crippen LogP contribution in [0.3, 0.4) is 0 Å². The first-order valence-corrected chi connectivity index (χ1v) is 10.3. The molecule has 3 rings (SSSR count). The van der Waals surface area contributed by atoms with E-state index in [1.165, 1.54) is 6.26 Å². The van der Waals surface area contributed by atoms with Gasteiger partial charge in [0.15, 0.2) is 9.84 Å². The Kier molecular flexibility index (Phi) is 3.66. The Morgan fingerprint density at radius 1 is 1.45 bits per heavy atom. The van der Waals surface area contributed by atoms with Crippen LogP contribution in [0.4, 0.5) is 5.69 Å². The van der Waals surface area contributed by atoms with Crippen LogP contribution in [0.15, 0.2) is 23.1 Å². The van der Waals surface area contributed by atoms with Gasteiger partial charge in [0.1, 0.15) is 4.45 Å². The SMILES string of the molecule is CS(=O)(=O)c1ccc2c(c1)C1(Br)CCC(CC(=O)O)C1(Br)N2. The molecule has 0 amide bonds. The second-order valence-corrected chi connectivity index (χ2v) is 10.6. The molecular weight excluding hydrogens is 438 g/mol. The summed E-state index contributed by atoms with van der Waals surface area (Å²) in [6.07, 6.45) is 2.70.